The van der Waals surface area contributed by atoms with E-state index in [1.165, 1.54) is 0 Å². The van der Waals surface area contributed by atoms with Crippen LogP contribution in [0.15, 0.2) is 16.8 Å². The molecule has 0 atom stereocenters. The van der Waals surface area contributed by atoms with Crippen LogP contribution in [0.1, 0.15) is 0 Å². The fourth-order valence-corrected chi connectivity index (χ4v) is 0.551. The van der Waals surface area contributed by atoms with Gasteiger partial charge in [-0.3, -0.25) is 4.79 Å². The van der Waals surface area contributed by atoms with Gasteiger partial charge in [-0.25, -0.2) is 4.99 Å². The molecule has 1 N–H and O–H groups in total. The van der Waals surface area contributed by atoms with E-state index in [2.05, 4.69) is 4.99 Å². The van der Waals surface area contributed by atoms with Gasteiger partial charge < -0.3 is 5.32 Å². The summed E-state index contributed by atoms with van der Waals surface area (Å²) in [5.74, 6) is -0.831. The van der Waals surface area contributed by atoms with Crippen molar-refractivity contribution in [3.8, 4) is 0 Å². The average Bonchev–Trinajstić information content (AvgIpc) is 2.12. The number of nitrogens with zero attached hydrogens (tertiary/aromatic N) is 1. The Hall–Kier alpha value is -1.33. The highest BCUT2D eigenvalue weighted by Crippen LogP contribution is 2.19. The Morgan fingerprint density at radius 1 is 1.55 bits per heavy atom. The maximum absolute atomic E-state index is 11.6. The molecule has 1 rings (SSSR count). The van der Waals surface area contributed by atoms with Crippen molar-refractivity contribution >= 4 is 12.2 Å². The number of nitrogens with one attached hydrogen (secondary N) is 1. The minimum absolute atomic E-state index is 0.147. The first-order chi connectivity index (χ1) is 4.99. The second-order valence-corrected chi connectivity index (χ2v) is 1.80. The van der Waals surface area contributed by atoms with Crippen LogP contribution in [0.4, 0.5) is 13.2 Å². The number of hydrogen-bond acceptors (Lipinski definition) is 2. The number of carbonyl (C=O) groups excluding carboxylic acids is 1. The van der Waals surface area contributed by atoms with E-state index >= 15 is 0 Å². The van der Waals surface area contributed by atoms with Crippen molar-refractivity contribution in [2.45, 2.75) is 6.18 Å². The summed E-state index contributed by atoms with van der Waals surface area (Å²) < 4.78 is 34.7. The Morgan fingerprint density at radius 2 is 2.18 bits per heavy atom. The van der Waals surface area contributed by atoms with Gasteiger partial charge in [0.15, 0.2) is 0 Å². The Morgan fingerprint density at radius 3 is 2.55 bits per heavy atom. The van der Waals surface area contributed by atoms with Crippen LogP contribution in [0.3, 0.4) is 0 Å². The minimum atomic E-state index is -4.49. The zero-order valence-electron chi connectivity index (χ0n) is 5.14. The van der Waals surface area contributed by atoms with Gasteiger partial charge in [0.1, 0.15) is 5.70 Å². The molecule has 0 aromatic heterocycles. The lowest BCUT2D eigenvalue weighted by Gasteiger charge is -1.97. The van der Waals surface area contributed by atoms with Crippen LogP contribution in [-0.2, 0) is 4.79 Å². The van der Waals surface area contributed by atoms with Gasteiger partial charge in [0, 0.05) is 0 Å². The molecule has 0 fully saturated rings. The van der Waals surface area contributed by atoms with Gasteiger partial charge in [-0.1, -0.05) is 0 Å². The lowest BCUT2D eigenvalue weighted by atomic mass is 10.4. The van der Waals surface area contributed by atoms with Crippen molar-refractivity contribution in [1.82, 2.24) is 5.32 Å². The molecule has 0 bridgehead atoms. The van der Waals surface area contributed by atoms with Crippen molar-refractivity contribution in [1.29, 1.82) is 0 Å². The Balaban J connectivity index is 2.82. The van der Waals surface area contributed by atoms with Crippen LogP contribution < -0.4 is 5.32 Å². The molecule has 0 radical (unpaired) electrons. The molecule has 0 aliphatic carbocycles. The van der Waals surface area contributed by atoms with Gasteiger partial charge >= 0.3 is 6.18 Å². The first-order valence-electron chi connectivity index (χ1n) is 2.62. The second-order valence-electron chi connectivity index (χ2n) is 1.80. The third-order valence-corrected chi connectivity index (χ3v) is 0.932. The molecule has 0 unspecified atom stereocenters. The number of amides is 1. The zero-order valence-corrected chi connectivity index (χ0v) is 5.14. The second kappa shape index (κ2) is 2.37. The Bertz CT molecular complexity index is 241. The summed E-state index contributed by atoms with van der Waals surface area (Å²) in [6, 6.07) is 0. The van der Waals surface area contributed by atoms with E-state index in [-0.39, 0.29) is 6.08 Å². The van der Waals surface area contributed by atoms with Gasteiger partial charge in [0.25, 0.3) is 5.91 Å². The topological polar surface area (TPSA) is 41.5 Å². The fourth-order valence-electron chi connectivity index (χ4n) is 0.551. The third-order valence-electron chi connectivity index (χ3n) is 0.932. The summed E-state index contributed by atoms with van der Waals surface area (Å²) in [5, 5.41) is 1.99. The van der Waals surface area contributed by atoms with Crippen LogP contribution >= 0.6 is 0 Å². The first-order valence-corrected chi connectivity index (χ1v) is 2.62. The highest BCUT2D eigenvalue weighted by molar-refractivity contribution is 6.05. The standard InChI is InChI=1S/C5H3F3N2O/c6-5(7,8)1-3-4(11)10-2-9-3/h1-2H,(H,9,10,11)/b3-1-. The number of halogens is 3. The quantitative estimate of drug-likeness (QED) is 0.523. The van der Waals surface area contributed by atoms with E-state index in [0.717, 1.165) is 6.34 Å². The monoisotopic (exact) mass is 164 g/mol. The lowest BCUT2D eigenvalue weighted by molar-refractivity contribution is -0.116. The maximum atomic E-state index is 11.6. The Kier molecular flexibility index (Phi) is 1.67. The molecule has 0 spiro atoms. The Labute approximate surface area is 59.6 Å². The summed E-state index contributed by atoms with van der Waals surface area (Å²) in [6.07, 6.45) is -3.72. The highest BCUT2D eigenvalue weighted by atomic mass is 19.4. The minimum Gasteiger partial charge on any atom is -0.311 e. The lowest BCUT2D eigenvalue weighted by Crippen LogP contribution is -2.16. The zero-order chi connectivity index (χ0) is 8.48. The maximum Gasteiger partial charge on any atom is 0.412 e. The molecule has 60 valence electrons. The van der Waals surface area contributed by atoms with E-state index in [0.29, 0.717) is 0 Å². The van der Waals surface area contributed by atoms with Crippen LogP contribution in [-0.4, -0.2) is 18.4 Å². The average molecular weight is 164 g/mol. The van der Waals surface area contributed by atoms with Gasteiger partial charge in [-0.15, -0.1) is 0 Å². The third kappa shape index (κ3) is 2.06. The highest BCUT2D eigenvalue weighted by Gasteiger charge is 2.27. The molecule has 1 heterocycles. The predicted molar refractivity (Wildman–Crippen MR) is 30.8 cm³/mol. The van der Waals surface area contributed by atoms with E-state index in [1.54, 1.807) is 0 Å². The van der Waals surface area contributed by atoms with Gasteiger partial charge in [0.2, 0.25) is 0 Å². The summed E-state index contributed by atoms with van der Waals surface area (Å²) in [5.41, 5.74) is -0.613. The van der Waals surface area contributed by atoms with Crippen molar-refractivity contribution in [2.24, 2.45) is 4.99 Å². The molecule has 6 heteroatoms. The number of carbonyl (C=O) groups is 1. The van der Waals surface area contributed by atoms with Gasteiger partial charge in [-0.2, -0.15) is 13.2 Å². The normalized spacial score (nSPS) is 21.0. The van der Waals surface area contributed by atoms with E-state index in [9.17, 15) is 18.0 Å². The number of rotatable bonds is 0. The van der Waals surface area contributed by atoms with Crippen LogP contribution in [0.2, 0.25) is 0 Å². The van der Waals surface area contributed by atoms with Crippen LogP contribution in [0, 0.1) is 0 Å². The molecule has 3 nitrogen and oxygen atoms in total. The molecule has 1 amide bonds. The molecular formula is C5H3F3N2O. The molecule has 11 heavy (non-hydrogen) atoms. The van der Waals surface area contributed by atoms with Gasteiger partial charge in [0.05, 0.1) is 12.4 Å². The predicted octanol–water partition coefficient (Wildman–Crippen LogP) is 0.591. The summed E-state index contributed by atoms with van der Waals surface area (Å²) in [7, 11) is 0. The summed E-state index contributed by atoms with van der Waals surface area (Å²) in [6.45, 7) is 0. The molecule has 1 aliphatic heterocycles. The molecule has 0 aromatic rings. The molecular weight excluding hydrogens is 161 g/mol. The molecule has 0 saturated carbocycles. The number of alkyl halides is 3. The molecule has 1 aliphatic rings. The smallest absolute Gasteiger partial charge is 0.311 e. The van der Waals surface area contributed by atoms with Crippen molar-refractivity contribution in [2.75, 3.05) is 0 Å². The van der Waals surface area contributed by atoms with E-state index < -0.39 is 17.8 Å². The van der Waals surface area contributed by atoms with E-state index in [1.807, 2.05) is 5.32 Å². The van der Waals surface area contributed by atoms with E-state index in [4.69, 9.17) is 0 Å². The number of aliphatic imine (C=N–C) groups is 1. The van der Waals surface area contributed by atoms with Gasteiger partial charge in [-0.05, 0) is 0 Å². The first kappa shape index (κ1) is 7.77. The number of hydrogen-bond donors (Lipinski definition) is 1. The van der Waals surface area contributed by atoms with Crippen molar-refractivity contribution in [3.63, 3.8) is 0 Å². The van der Waals surface area contributed by atoms with Crippen LogP contribution in [0.5, 0.6) is 0 Å². The SMILES string of the molecule is O=C1NC=N/C1=C\C(F)(F)F. The number of allylic oxidation sites excluding steroid dienone is 1. The molecule has 0 saturated heterocycles. The van der Waals surface area contributed by atoms with Crippen LogP contribution in [0.25, 0.3) is 0 Å². The summed E-state index contributed by atoms with van der Waals surface area (Å²) in [4.78, 5) is 13.6. The summed E-state index contributed by atoms with van der Waals surface area (Å²) >= 11 is 0. The molecule has 0 aromatic carbocycles. The van der Waals surface area contributed by atoms with Crippen molar-refractivity contribution < 1.29 is 18.0 Å². The largest absolute Gasteiger partial charge is 0.412 e. The fraction of sp³-hybridized carbons (Fsp3) is 0.200. The van der Waals surface area contributed by atoms with Crippen molar-refractivity contribution in [3.05, 3.63) is 11.8 Å².